The molecule has 0 aliphatic carbocycles. The predicted octanol–water partition coefficient (Wildman–Crippen LogP) is 1.56. The van der Waals surface area contributed by atoms with Gasteiger partial charge >= 0.3 is 11.3 Å². The summed E-state index contributed by atoms with van der Waals surface area (Å²) < 4.78 is 17.4. The van der Waals surface area contributed by atoms with Crippen molar-refractivity contribution in [2.45, 2.75) is 30.7 Å². The van der Waals surface area contributed by atoms with Gasteiger partial charge in [-0.2, -0.15) is 0 Å². The average Bonchev–Trinajstić information content (AvgIpc) is 2.74. The molecule has 28 heavy (non-hydrogen) atoms. The van der Waals surface area contributed by atoms with Crippen molar-refractivity contribution in [1.82, 2.24) is 0 Å². The van der Waals surface area contributed by atoms with E-state index in [4.69, 9.17) is 13.9 Å². The second-order valence-corrected chi connectivity index (χ2v) is 6.66. The SMILES string of the molecule is OC[C@H]1O[C@@H](Oc2cc3ccccc3[o+]c2-c2ccccc2)[C@H](O)[C@@H](O)[C@@H]1O. The molecule has 7 nitrogen and oxygen atoms in total. The molecule has 0 spiro atoms. The minimum absolute atomic E-state index is 0.300. The van der Waals surface area contributed by atoms with Crippen LogP contribution in [0, 0.1) is 0 Å². The number of aliphatic hydroxyl groups excluding tert-OH is 4. The van der Waals surface area contributed by atoms with Crippen LogP contribution in [0.1, 0.15) is 0 Å². The number of para-hydroxylation sites is 1. The summed E-state index contributed by atoms with van der Waals surface area (Å²) in [5, 5.41) is 40.4. The van der Waals surface area contributed by atoms with Crippen LogP contribution in [0.3, 0.4) is 0 Å². The third-order valence-electron chi connectivity index (χ3n) is 4.77. The van der Waals surface area contributed by atoms with E-state index in [9.17, 15) is 20.4 Å². The van der Waals surface area contributed by atoms with E-state index in [0.29, 0.717) is 17.1 Å². The van der Waals surface area contributed by atoms with Crippen molar-refractivity contribution in [2.24, 2.45) is 0 Å². The number of fused-ring (bicyclic) bond motifs is 1. The lowest BCUT2D eigenvalue weighted by Crippen LogP contribution is -2.60. The van der Waals surface area contributed by atoms with E-state index >= 15 is 0 Å². The molecule has 4 rings (SSSR count). The molecule has 3 aromatic rings. The molecule has 1 fully saturated rings. The van der Waals surface area contributed by atoms with Crippen LogP contribution in [-0.4, -0.2) is 57.7 Å². The fraction of sp³-hybridized carbons (Fsp3) is 0.286. The van der Waals surface area contributed by atoms with Gasteiger partial charge in [0.15, 0.2) is 0 Å². The van der Waals surface area contributed by atoms with Crippen molar-refractivity contribution in [3.05, 3.63) is 60.7 Å². The molecule has 1 aliphatic heterocycles. The minimum atomic E-state index is -1.52. The van der Waals surface area contributed by atoms with E-state index in [1.165, 1.54) is 0 Å². The van der Waals surface area contributed by atoms with Crippen LogP contribution in [0.5, 0.6) is 5.75 Å². The van der Waals surface area contributed by atoms with Gasteiger partial charge in [0.05, 0.1) is 17.6 Å². The molecule has 0 unspecified atom stereocenters. The van der Waals surface area contributed by atoms with E-state index < -0.39 is 37.3 Å². The molecule has 1 saturated heterocycles. The normalized spacial score (nSPS) is 27.6. The molecule has 4 N–H and O–H groups in total. The maximum absolute atomic E-state index is 10.3. The van der Waals surface area contributed by atoms with E-state index in [1.54, 1.807) is 6.07 Å². The van der Waals surface area contributed by atoms with Crippen LogP contribution in [0.4, 0.5) is 0 Å². The standard InChI is InChI=1S/C21H21O7/c22-11-16-17(23)18(24)19(25)21(28-16)27-15-10-13-8-4-5-9-14(13)26-20(15)12-6-2-1-3-7-12/h1-10,16-19,21-25H,11H2/q+1/t16-,17-,18+,19-,21-/m1/s1. The van der Waals surface area contributed by atoms with Crippen molar-refractivity contribution < 1.29 is 34.3 Å². The second-order valence-electron chi connectivity index (χ2n) is 6.66. The first-order valence-corrected chi connectivity index (χ1v) is 8.97. The highest BCUT2D eigenvalue weighted by Gasteiger charge is 2.45. The summed E-state index contributed by atoms with van der Waals surface area (Å²) in [6, 6.07) is 18.5. The molecule has 0 radical (unpaired) electrons. The zero-order chi connectivity index (χ0) is 19.7. The summed E-state index contributed by atoms with van der Waals surface area (Å²) in [4.78, 5) is 0. The topological polar surface area (TPSA) is 111 Å². The van der Waals surface area contributed by atoms with Gasteiger partial charge in [0, 0.05) is 12.1 Å². The van der Waals surface area contributed by atoms with E-state index in [0.717, 1.165) is 10.9 Å². The second kappa shape index (κ2) is 7.83. The molecule has 1 aliphatic rings. The van der Waals surface area contributed by atoms with Gasteiger partial charge in [0.25, 0.3) is 0 Å². The molecule has 1 aromatic heterocycles. The summed E-state index contributed by atoms with van der Waals surface area (Å²) in [7, 11) is 0. The van der Waals surface area contributed by atoms with E-state index in [1.807, 2.05) is 54.6 Å². The van der Waals surface area contributed by atoms with Gasteiger partial charge in [0.1, 0.15) is 24.4 Å². The number of hydrogen-bond donors (Lipinski definition) is 4. The van der Waals surface area contributed by atoms with Crippen molar-refractivity contribution in [1.29, 1.82) is 0 Å². The highest BCUT2D eigenvalue weighted by Crippen LogP contribution is 2.36. The Morgan fingerprint density at radius 2 is 1.61 bits per heavy atom. The fourth-order valence-corrected chi connectivity index (χ4v) is 3.23. The van der Waals surface area contributed by atoms with Crippen molar-refractivity contribution in [2.75, 3.05) is 6.61 Å². The Kier molecular flexibility index (Phi) is 5.25. The number of aliphatic hydroxyl groups is 4. The molecule has 146 valence electrons. The van der Waals surface area contributed by atoms with Crippen LogP contribution in [0.25, 0.3) is 22.3 Å². The van der Waals surface area contributed by atoms with Crippen LogP contribution >= 0.6 is 0 Å². The smallest absolute Gasteiger partial charge is 0.402 e. The quantitative estimate of drug-likeness (QED) is 0.505. The summed E-state index contributed by atoms with van der Waals surface area (Å²) in [6.45, 7) is -0.529. The van der Waals surface area contributed by atoms with Gasteiger partial charge in [-0.15, -0.1) is 0 Å². The van der Waals surface area contributed by atoms with Crippen molar-refractivity contribution >= 4 is 11.0 Å². The van der Waals surface area contributed by atoms with Gasteiger partial charge in [-0.3, -0.25) is 0 Å². The lowest BCUT2D eigenvalue weighted by atomic mass is 9.99. The zero-order valence-corrected chi connectivity index (χ0v) is 14.9. The molecule has 5 atom stereocenters. The van der Waals surface area contributed by atoms with E-state index in [-0.39, 0.29) is 0 Å². The Balaban J connectivity index is 1.75. The maximum atomic E-state index is 10.3. The number of hydrogen-bond acceptors (Lipinski definition) is 6. The highest BCUT2D eigenvalue weighted by molar-refractivity contribution is 5.82. The largest absolute Gasteiger partial charge is 0.452 e. The van der Waals surface area contributed by atoms with Crippen LogP contribution < -0.4 is 4.74 Å². The zero-order valence-electron chi connectivity index (χ0n) is 14.9. The Hall–Kier alpha value is -2.55. The third-order valence-corrected chi connectivity index (χ3v) is 4.77. The monoisotopic (exact) mass is 385 g/mol. The lowest BCUT2D eigenvalue weighted by molar-refractivity contribution is -0.277. The summed E-state index contributed by atoms with van der Waals surface area (Å²) in [5.74, 6) is 0.727. The fourth-order valence-electron chi connectivity index (χ4n) is 3.23. The average molecular weight is 385 g/mol. The minimum Gasteiger partial charge on any atom is -0.452 e. The van der Waals surface area contributed by atoms with Crippen molar-refractivity contribution in [3.8, 4) is 17.1 Å². The number of benzene rings is 2. The number of ether oxygens (including phenoxy) is 2. The number of rotatable bonds is 4. The first-order valence-electron chi connectivity index (χ1n) is 8.97. The molecule has 0 saturated carbocycles. The third kappa shape index (κ3) is 3.46. The molecular formula is C21H21O7+. The van der Waals surface area contributed by atoms with Crippen LogP contribution in [0.2, 0.25) is 0 Å². The van der Waals surface area contributed by atoms with Gasteiger partial charge in [0.2, 0.25) is 12.0 Å². The van der Waals surface area contributed by atoms with Gasteiger partial charge in [-0.25, -0.2) is 4.42 Å². The maximum Gasteiger partial charge on any atom is 0.402 e. The molecule has 0 bridgehead atoms. The lowest BCUT2D eigenvalue weighted by Gasteiger charge is -2.39. The van der Waals surface area contributed by atoms with Crippen molar-refractivity contribution in [3.63, 3.8) is 0 Å². The van der Waals surface area contributed by atoms with Gasteiger partial charge < -0.3 is 29.9 Å². The summed E-state index contributed by atoms with van der Waals surface area (Å²) >= 11 is 0. The van der Waals surface area contributed by atoms with Gasteiger partial charge in [-0.05, 0) is 18.2 Å². The molecule has 7 heteroatoms. The Morgan fingerprint density at radius 1 is 0.893 bits per heavy atom. The van der Waals surface area contributed by atoms with E-state index in [2.05, 4.69) is 0 Å². The molecule has 2 aromatic carbocycles. The Bertz CT molecular complexity index is 944. The Morgan fingerprint density at radius 3 is 2.36 bits per heavy atom. The molecule has 2 heterocycles. The molecular weight excluding hydrogens is 364 g/mol. The summed E-state index contributed by atoms with van der Waals surface area (Å²) in [6.07, 6.45) is -6.83. The first kappa shape index (κ1) is 18.8. The molecule has 0 amide bonds. The predicted molar refractivity (Wildman–Crippen MR) is 100 cm³/mol. The highest BCUT2D eigenvalue weighted by atomic mass is 16.7. The van der Waals surface area contributed by atoms with Gasteiger partial charge in [-0.1, -0.05) is 30.3 Å². The first-order chi connectivity index (χ1) is 13.6. The van der Waals surface area contributed by atoms with Crippen LogP contribution in [-0.2, 0) is 4.74 Å². The summed E-state index contributed by atoms with van der Waals surface area (Å²) in [5.41, 5.74) is 1.41. The van der Waals surface area contributed by atoms with Crippen LogP contribution in [0.15, 0.2) is 65.1 Å². The Labute approximate surface area is 161 Å².